The monoisotopic (exact) mass is 508 g/mol. The van der Waals surface area contributed by atoms with E-state index < -0.39 is 0 Å². The van der Waals surface area contributed by atoms with Crippen LogP contribution in [0.15, 0.2) is 79.1 Å². The van der Waals surface area contributed by atoms with E-state index in [1.165, 1.54) is 11.1 Å². The summed E-state index contributed by atoms with van der Waals surface area (Å²) < 4.78 is 0. The van der Waals surface area contributed by atoms with Crippen molar-refractivity contribution in [1.82, 2.24) is 15.2 Å². The highest BCUT2D eigenvalue weighted by Crippen LogP contribution is 2.37. The predicted molar refractivity (Wildman–Crippen MR) is 152 cm³/mol. The number of hydrogen-bond donors (Lipinski definition) is 1. The van der Waals surface area contributed by atoms with Gasteiger partial charge in [0.25, 0.3) is 0 Å². The first-order valence-electron chi connectivity index (χ1n) is 13.8. The minimum absolute atomic E-state index is 0.0719. The van der Waals surface area contributed by atoms with Gasteiger partial charge >= 0.3 is 6.03 Å². The average Bonchev–Trinajstić information content (AvgIpc) is 3.13. The van der Waals surface area contributed by atoms with Crippen LogP contribution in [0.5, 0.6) is 0 Å². The number of fused-ring (bicyclic) bond motifs is 2. The van der Waals surface area contributed by atoms with Crippen molar-refractivity contribution in [2.45, 2.75) is 44.9 Å². The van der Waals surface area contributed by atoms with Gasteiger partial charge in [-0.15, -0.1) is 0 Å². The molecule has 6 heteroatoms. The molecule has 0 radical (unpaired) electrons. The molecule has 0 saturated carbocycles. The molecule has 2 aliphatic rings. The Morgan fingerprint density at radius 2 is 1.58 bits per heavy atom. The zero-order chi connectivity index (χ0) is 26.2. The van der Waals surface area contributed by atoms with Crippen LogP contribution in [-0.2, 0) is 17.6 Å². The molecule has 38 heavy (non-hydrogen) atoms. The number of nitrogens with zero attached hydrogens (tertiary/aromatic N) is 3. The molecule has 0 unspecified atom stereocenters. The van der Waals surface area contributed by atoms with E-state index in [0.717, 1.165) is 75.0 Å². The molecular formula is C32H36N4O2. The summed E-state index contributed by atoms with van der Waals surface area (Å²) in [7, 11) is 0. The van der Waals surface area contributed by atoms with Gasteiger partial charge in [-0.1, -0.05) is 55.3 Å². The number of carbonyl (C=O) groups excluding carboxylic acids is 2. The van der Waals surface area contributed by atoms with Crippen molar-refractivity contribution in [1.29, 1.82) is 0 Å². The average molecular weight is 509 g/mol. The Morgan fingerprint density at radius 1 is 0.895 bits per heavy atom. The van der Waals surface area contributed by atoms with E-state index in [9.17, 15) is 9.59 Å². The van der Waals surface area contributed by atoms with E-state index in [-0.39, 0.29) is 11.9 Å². The van der Waals surface area contributed by atoms with Gasteiger partial charge in [-0.2, -0.15) is 0 Å². The Kier molecular flexibility index (Phi) is 8.49. The molecule has 0 aliphatic carbocycles. The molecule has 0 atom stereocenters. The molecule has 3 heterocycles. The number of aryl methyl sites for hydroxylation is 2. The van der Waals surface area contributed by atoms with Gasteiger partial charge in [-0.05, 0) is 79.0 Å². The molecule has 3 aromatic rings. The topological polar surface area (TPSA) is 65.5 Å². The maximum atomic E-state index is 13.8. The third-order valence-corrected chi connectivity index (χ3v) is 7.66. The number of urea groups is 1. The second-order valence-electron chi connectivity index (χ2n) is 10.2. The second-order valence-corrected chi connectivity index (χ2v) is 10.2. The molecule has 1 saturated heterocycles. The molecule has 0 spiro atoms. The maximum absolute atomic E-state index is 13.8. The van der Waals surface area contributed by atoms with Gasteiger partial charge in [-0.3, -0.25) is 14.7 Å². The minimum atomic E-state index is -0.0719. The highest BCUT2D eigenvalue weighted by atomic mass is 16.2. The molecule has 1 fully saturated rings. The molecule has 1 N–H and O–H groups in total. The maximum Gasteiger partial charge on any atom is 0.329 e. The quantitative estimate of drug-likeness (QED) is 0.307. The first-order valence-corrected chi connectivity index (χ1v) is 13.8. The number of carbonyl (C=O) groups is 2. The fraction of sp³-hybridized carbons (Fsp3) is 0.344. The summed E-state index contributed by atoms with van der Waals surface area (Å²) in [5.41, 5.74) is 5.40. The third-order valence-electron chi connectivity index (χ3n) is 7.66. The molecule has 2 aromatic carbocycles. The summed E-state index contributed by atoms with van der Waals surface area (Å²) in [6.45, 7) is 2.27. The van der Waals surface area contributed by atoms with Crippen molar-refractivity contribution in [3.05, 3.63) is 95.8 Å². The van der Waals surface area contributed by atoms with Crippen molar-refractivity contribution >= 4 is 29.4 Å². The molecular weight excluding hydrogens is 472 g/mol. The van der Waals surface area contributed by atoms with E-state index in [4.69, 9.17) is 0 Å². The number of pyridine rings is 1. The summed E-state index contributed by atoms with van der Waals surface area (Å²) in [4.78, 5) is 33.9. The van der Waals surface area contributed by atoms with Crippen LogP contribution in [0.2, 0.25) is 0 Å². The van der Waals surface area contributed by atoms with Crippen molar-refractivity contribution in [3.63, 3.8) is 0 Å². The molecule has 0 bridgehead atoms. The van der Waals surface area contributed by atoms with Gasteiger partial charge in [0.1, 0.15) is 0 Å². The van der Waals surface area contributed by atoms with E-state index in [2.05, 4.69) is 46.7 Å². The second kappa shape index (κ2) is 12.5. The highest BCUT2D eigenvalue weighted by Gasteiger charge is 2.31. The van der Waals surface area contributed by atoms with E-state index in [1.807, 2.05) is 34.1 Å². The van der Waals surface area contributed by atoms with Crippen LogP contribution in [0.3, 0.4) is 0 Å². The summed E-state index contributed by atoms with van der Waals surface area (Å²) in [6, 6.07) is 20.5. The number of anilines is 2. The van der Waals surface area contributed by atoms with Crippen LogP contribution in [0.4, 0.5) is 16.2 Å². The smallest absolute Gasteiger partial charge is 0.329 e. The number of unbranched alkanes of at least 4 members (excludes halogenated alkanes) is 1. The van der Waals surface area contributed by atoms with E-state index in [1.54, 1.807) is 24.5 Å². The van der Waals surface area contributed by atoms with Crippen LogP contribution < -0.4 is 10.2 Å². The van der Waals surface area contributed by atoms with Crippen LogP contribution in [-0.4, -0.2) is 41.5 Å². The summed E-state index contributed by atoms with van der Waals surface area (Å²) in [6.07, 6.45) is 13.9. The van der Waals surface area contributed by atoms with Crippen LogP contribution in [0.1, 0.15) is 48.8 Å². The van der Waals surface area contributed by atoms with Gasteiger partial charge in [0.05, 0.1) is 11.4 Å². The lowest BCUT2D eigenvalue weighted by Gasteiger charge is -2.36. The lowest BCUT2D eigenvalue weighted by molar-refractivity contribution is -0.116. The third kappa shape index (κ3) is 6.31. The Morgan fingerprint density at radius 3 is 2.24 bits per heavy atom. The first-order chi connectivity index (χ1) is 18.7. The molecule has 196 valence electrons. The number of aromatic nitrogens is 1. The highest BCUT2D eigenvalue weighted by molar-refractivity contribution is 6.01. The Hall–Kier alpha value is -3.93. The number of nitrogens with one attached hydrogen (secondary N) is 1. The Labute approximate surface area is 225 Å². The zero-order valence-electron chi connectivity index (χ0n) is 21.9. The minimum Gasteiger partial charge on any atom is -0.353 e. The van der Waals surface area contributed by atoms with Gasteiger partial charge in [0.15, 0.2) is 0 Å². The fourth-order valence-corrected chi connectivity index (χ4v) is 5.52. The molecule has 3 amide bonds. The number of amides is 3. The molecule has 6 nitrogen and oxygen atoms in total. The number of para-hydroxylation sites is 2. The van der Waals surface area contributed by atoms with Gasteiger partial charge < -0.3 is 10.2 Å². The molecule has 5 rings (SSSR count). The van der Waals surface area contributed by atoms with E-state index >= 15 is 0 Å². The number of hydrogen-bond acceptors (Lipinski definition) is 3. The van der Waals surface area contributed by atoms with Crippen LogP contribution >= 0.6 is 0 Å². The van der Waals surface area contributed by atoms with Crippen LogP contribution in [0.25, 0.3) is 6.08 Å². The Balaban J connectivity index is 1.08. The van der Waals surface area contributed by atoms with Gasteiger partial charge in [-0.25, -0.2) is 4.79 Å². The lowest BCUT2D eigenvalue weighted by Crippen LogP contribution is -2.45. The zero-order valence-corrected chi connectivity index (χ0v) is 21.9. The van der Waals surface area contributed by atoms with Crippen molar-refractivity contribution in [3.8, 4) is 0 Å². The largest absolute Gasteiger partial charge is 0.353 e. The Bertz CT molecular complexity index is 1220. The SMILES string of the molecule is O=C(/C=C/c1cccnc1)NCCCCC1CCN(C(=O)N2c3ccccc3CCc3ccccc32)CC1. The van der Waals surface area contributed by atoms with Crippen LogP contribution in [0, 0.1) is 5.92 Å². The fourth-order valence-electron chi connectivity index (χ4n) is 5.52. The van der Waals surface area contributed by atoms with E-state index in [0.29, 0.717) is 12.5 Å². The molecule has 2 aliphatic heterocycles. The summed E-state index contributed by atoms with van der Waals surface area (Å²) in [5, 5.41) is 2.97. The van der Waals surface area contributed by atoms with Crippen molar-refractivity contribution in [2.24, 2.45) is 5.92 Å². The number of benzene rings is 2. The summed E-state index contributed by atoms with van der Waals surface area (Å²) in [5.74, 6) is 0.557. The first kappa shape index (κ1) is 25.7. The molecule has 1 aromatic heterocycles. The van der Waals surface area contributed by atoms with Crippen molar-refractivity contribution < 1.29 is 9.59 Å². The predicted octanol–water partition coefficient (Wildman–Crippen LogP) is 6.15. The number of piperidine rings is 1. The van der Waals surface area contributed by atoms with Gasteiger partial charge in [0.2, 0.25) is 5.91 Å². The lowest BCUT2D eigenvalue weighted by atomic mass is 9.91. The standard InChI is InChI=1S/C32H36N4O2/c37-31(17-14-26-9-7-20-33-24-26)34-21-6-5-8-25-18-22-35(23-19-25)32(38)36-29-12-3-1-10-27(29)15-16-28-11-2-4-13-30(28)36/h1-4,7,9-14,17,20,24-25H,5-6,8,15-16,18-19,21-23H2,(H,34,37)/b17-14+. The van der Waals surface area contributed by atoms with Gasteiger partial charge in [0, 0.05) is 38.1 Å². The van der Waals surface area contributed by atoms with Crippen molar-refractivity contribution in [2.75, 3.05) is 24.5 Å². The normalized spacial score (nSPS) is 15.6. The summed E-state index contributed by atoms with van der Waals surface area (Å²) >= 11 is 0. The number of likely N-dealkylation sites (tertiary alicyclic amines) is 1. The number of rotatable bonds is 7.